The van der Waals surface area contributed by atoms with Crippen LogP contribution in [-0.4, -0.2) is 0 Å². The van der Waals surface area contributed by atoms with Crippen LogP contribution in [0.3, 0.4) is 0 Å². The molecule has 0 bridgehead atoms. The zero-order valence-corrected chi connectivity index (χ0v) is 14.2. The maximum atomic E-state index is 2.29. The van der Waals surface area contributed by atoms with Crippen molar-refractivity contribution in [2.45, 2.75) is 15.5 Å². The van der Waals surface area contributed by atoms with E-state index in [-0.39, 0.29) is 10.9 Å². The third kappa shape index (κ3) is 3.08. The zero-order chi connectivity index (χ0) is 16.2. The number of hydrogen-bond donors (Lipinski definition) is 0. The van der Waals surface area contributed by atoms with Crippen molar-refractivity contribution in [3.8, 4) is 0 Å². The van der Waals surface area contributed by atoms with Crippen molar-refractivity contribution in [2.24, 2.45) is 0 Å². The molecule has 1 atom stereocenters. The molecule has 0 saturated heterocycles. The minimum absolute atomic E-state index is 0.0232. The number of benzene rings is 4. The van der Waals surface area contributed by atoms with Gasteiger partial charge in [0, 0.05) is 10.9 Å². The van der Waals surface area contributed by atoms with Crippen LogP contribution < -0.4 is 0 Å². The minimum atomic E-state index is 0.0232. The lowest BCUT2D eigenvalue weighted by atomic mass is 10.1. The molecule has 0 fully saturated rings. The first-order chi connectivity index (χ1) is 11.9. The fraction of sp³-hybridized carbons (Fsp3) is 0.0435. The van der Waals surface area contributed by atoms with Crippen molar-refractivity contribution in [2.75, 3.05) is 0 Å². The highest BCUT2D eigenvalue weighted by Crippen LogP contribution is 2.32. The summed E-state index contributed by atoms with van der Waals surface area (Å²) in [5, 5.41) is 2.68. The van der Waals surface area contributed by atoms with E-state index in [9.17, 15) is 0 Å². The maximum absolute atomic E-state index is 2.29. The van der Waals surface area contributed by atoms with E-state index < -0.39 is 0 Å². The molecule has 0 radical (unpaired) electrons. The molecule has 0 aromatic heterocycles. The van der Waals surface area contributed by atoms with Gasteiger partial charge < -0.3 is 0 Å². The highest BCUT2D eigenvalue weighted by atomic mass is 32.2. The molecule has 4 rings (SSSR count). The van der Waals surface area contributed by atoms with Crippen molar-refractivity contribution in [3.63, 3.8) is 0 Å². The van der Waals surface area contributed by atoms with E-state index in [1.54, 1.807) is 0 Å². The van der Waals surface area contributed by atoms with Gasteiger partial charge in [0.05, 0.1) is 10.9 Å². The van der Waals surface area contributed by atoms with Gasteiger partial charge in [-0.05, 0) is 29.7 Å². The molecular weight excluding hydrogens is 308 g/mol. The van der Waals surface area contributed by atoms with Crippen molar-refractivity contribution >= 4 is 21.7 Å². The van der Waals surface area contributed by atoms with Crippen LogP contribution in [0, 0.1) is 0 Å². The monoisotopic (exact) mass is 327 g/mol. The summed E-state index contributed by atoms with van der Waals surface area (Å²) >= 11 is 0. The van der Waals surface area contributed by atoms with Crippen molar-refractivity contribution in [1.82, 2.24) is 0 Å². The summed E-state index contributed by atoms with van der Waals surface area (Å²) in [4.78, 5) is 2.83. The lowest BCUT2D eigenvalue weighted by molar-refractivity contribution is 1.32. The molecule has 4 aromatic rings. The molecule has 1 unspecified atom stereocenters. The molecule has 0 heterocycles. The van der Waals surface area contributed by atoms with E-state index in [1.807, 2.05) is 0 Å². The van der Waals surface area contributed by atoms with E-state index >= 15 is 0 Å². The summed E-state index contributed by atoms with van der Waals surface area (Å²) < 4.78 is 0. The first kappa shape index (κ1) is 15.0. The Hall–Kier alpha value is -2.51. The minimum Gasteiger partial charge on any atom is -0.0622 e. The fourth-order valence-corrected chi connectivity index (χ4v) is 5.31. The molecule has 0 nitrogen and oxygen atoms in total. The molecule has 0 spiro atoms. The highest BCUT2D eigenvalue weighted by Gasteiger charge is 2.27. The molecular formula is C23H19S+. The van der Waals surface area contributed by atoms with Crippen LogP contribution in [0.5, 0.6) is 0 Å². The van der Waals surface area contributed by atoms with Gasteiger partial charge in [-0.2, -0.15) is 0 Å². The maximum Gasteiger partial charge on any atom is 0.168 e. The van der Waals surface area contributed by atoms with Gasteiger partial charge >= 0.3 is 0 Å². The van der Waals surface area contributed by atoms with Crippen LogP contribution in [0.2, 0.25) is 0 Å². The molecule has 1 heteroatoms. The Balaban J connectivity index is 1.86. The summed E-state index contributed by atoms with van der Waals surface area (Å²) in [6, 6.07) is 37.1. The standard InChI is InChI=1S/C23H19S/c1-3-10-19(11-4-1)18-24(21-14-5-2-6-15-21)23-17-9-13-20-12-7-8-16-22(20)23/h1-17H,18H2/q+1. The molecule has 0 saturated carbocycles. The van der Waals surface area contributed by atoms with Crippen LogP contribution in [-0.2, 0) is 16.6 Å². The van der Waals surface area contributed by atoms with E-state index in [2.05, 4.69) is 103 Å². The van der Waals surface area contributed by atoms with E-state index in [4.69, 9.17) is 0 Å². The fourth-order valence-electron chi connectivity index (χ4n) is 3.02. The Bertz CT molecular complexity index is 924. The van der Waals surface area contributed by atoms with E-state index in [1.165, 1.54) is 26.1 Å². The van der Waals surface area contributed by atoms with Gasteiger partial charge in [-0.15, -0.1) is 0 Å². The normalized spacial score (nSPS) is 12.2. The van der Waals surface area contributed by atoms with Gasteiger partial charge in [-0.25, -0.2) is 0 Å². The second-order valence-corrected chi connectivity index (χ2v) is 7.79. The highest BCUT2D eigenvalue weighted by molar-refractivity contribution is 7.96. The zero-order valence-electron chi connectivity index (χ0n) is 13.4. The molecule has 0 aliphatic heterocycles. The molecule has 4 aromatic carbocycles. The van der Waals surface area contributed by atoms with Crippen LogP contribution in [0.15, 0.2) is 113 Å². The Morgan fingerprint density at radius 2 is 1.17 bits per heavy atom. The van der Waals surface area contributed by atoms with Crippen molar-refractivity contribution in [3.05, 3.63) is 109 Å². The Morgan fingerprint density at radius 3 is 1.96 bits per heavy atom. The SMILES string of the molecule is c1ccc(C[S+](c2ccccc2)c2cccc3ccccc23)cc1. The van der Waals surface area contributed by atoms with Gasteiger partial charge in [-0.3, -0.25) is 0 Å². The Kier molecular flexibility index (Phi) is 4.35. The van der Waals surface area contributed by atoms with Gasteiger partial charge in [-0.1, -0.05) is 78.9 Å². The van der Waals surface area contributed by atoms with Gasteiger partial charge in [0.2, 0.25) is 0 Å². The van der Waals surface area contributed by atoms with Crippen LogP contribution in [0.25, 0.3) is 10.8 Å². The van der Waals surface area contributed by atoms with Gasteiger partial charge in [0.25, 0.3) is 0 Å². The Morgan fingerprint density at radius 1 is 0.542 bits per heavy atom. The van der Waals surface area contributed by atoms with Crippen LogP contribution in [0.4, 0.5) is 0 Å². The first-order valence-corrected chi connectivity index (χ1v) is 9.59. The quantitative estimate of drug-likeness (QED) is 0.399. The predicted octanol–water partition coefficient (Wildman–Crippen LogP) is 6.08. The average Bonchev–Trinajstić information content (AvgIpc) is 2.67. The smallest absolute Gasteiger partial charge is 0.0622 e. The average molecular weight is 327 g/mol. The molecule has 116 valence electrons. The number of fused-ring (bicyclic) bond motifs is 1. The summed E-state index contributed by atoms with van der Waals surface area (Å²) in [6.07, 6.45) is 0. The topological polar surface area (TPSA) is 0 Å². The number of rotatable bonds is 4. The first-order valence-electron chi connectivity index (χ1n) is 8.19. The molecule has 0 amide bonds. The lowest BCUT2D eigenvalue weighted by Gasteiger charge is -2.11. The van der Waals surface area contributed by atoms with E-state index in [0.717, 1.165) is 5.75 Å². The second-order valence-electron chi connectivity index (χ2n) is 5.81. The third-order valence-corrected chi connectivity index (χ3v) is 6.55. The molecule has 0 N–H and O–H groups in total. The van der Waals surface area contributed by atoms with Crippen molar-refractivity contribution < 1.29 is 0 Å². The Labute approximate surface area is 146 Å². The van der Waals surface area contributed by atoms with E-state index in [0.29, 0.717) is 0 Å². The van der Waals surface area contributed by atoms with Crippen molar-refractivity contribution in [1.29, 1.82) is 0 Å². The molecule has 24 heavy (non-hydrogen) atoms. The summed E-state index contributed by atoms with van der Waals surface area (Å²) in [5.74, 6) is 1.04. The van der Waals surface area contributed by atoms with Crippen LogP contribution >= 0.6 is 0 Å². The summed E-state index contributed by atoms with van der Waals surface area (Å²) in [5.41, 5.74) is 1.39. The molecule has 0 aliphatic rings. The van der Waals surface area contributed by atoms with Gasteiger partial charge in [0.15, 0.2) is 9.79 Å². The summed E-state index contributed by atoms with van der Waals surface area (Å²) in [6.45, 7) is 0. The molecule has 0 aliphatic carbocycles. The number of hydrogen-bond acceptors (Lipinski definition) is 0. The van der Waals surface area contributed by atoms with Crippen LogP contribution in [0.1, 0.15) is 5.56 Å². The lowest BCUT2D eigenvalue weighted by Crippen LogP contribution is -2.08. The van der Waals surface area contributed by atoms with Gasteiger partial charge in [0.1, 0.15) is 5.75 Å². The second kappa shape index (κ2) is 6.94. The largest absolute Gasteiger partial charge is 0.168 e. The predicted molar refractivity (Wildman–Crippen MR) is 104 cm³/mol. The summed E-state index contributed by atoms with van der Waals surface area (Å²) in [7, 11) is 0.0232. The third-order valence-electron chi connectivity index (χ3n) is 4.20.